The number of benzene rings is 2. The van der Waals surface area contributed by atoms with E-state index in [-0.39, 0.29) is 17.4 Å². The first-order valence-electron chi connectivity index (χ1n) is 8.40. The monoisotopic (exact) mass is 396 g/mol. The summed E-state index contributed by atoms with van der Waals surface area (Å²) in [5, 5.41) is 0.671. The van der Waals surface area contributed by atoms with E-state index in [9.17, 15) is 13.6 Å². The highest BCUT2D eigenvalue weighted by Crippen LogP contribution is 2.30. The molecule has 2 aromatic rings. The summed E-state index contributed by atoms with van der Waals surface area (Å²) in [6.07, 6.45) is 0. The zero-order valence-electron chi connectivity index (χ0n) is 14.7. The van der Waals surface area contributed by atoms with Crippen LogP contribution in [0.15, 0.2) is 42.5 Å². The second-order valence-electron chi connectivity index (χ2n) is 6.00. The number of piperazine rings is 1. The van der Waals surface area contributed by atoms with Crippen LogP contribution in [0.3, 0.4) is 0 Å². The van der Waals surface area contributed by atoms with Gasteiger partial charge >= 0.3 is 6.61 Å². The number of carbonyl (C=O) groups excluding carboxylic acids is 1. The van der Waals surface area contributed by atoms with Crippen LogP contribution in [0.4, 0.5) is 14.5 Å². The molecule has 0 bridgehead atoms. The Balaban J connectivity index is 1.67. The second kappa shape index (κ2) is 8.43. The summed E-state index contributed by atoms with van der Waals surface area (Å²) in [5.74, 6) is -0.184. The van der Waals surface area contributed by atoms with Gasteiger partial charge in [0.05, 0.1) is 7.11 Å². The first kappa shape index (κ1) is 19.2. The van der Waals surface area contributed by atoms with Crippen LogP contribution in [0.1, 0.15) is 10.4 Å². The summed E-state index contributed by atoms with van der Waals surface area (Å²) in [5.41, 5.74) is 1.38. The third kappa shape index (κ3) is 4.60. The lowest BCUT2D eigenvalue weighted by Gasteiger charge is -2.36. The largest absolute Gasteiger partial charge is 0.493 e. The topological polar surface area (TPSA) is 42.0 Å². The number of anilines is 1. The van der Waals surface area contributed by atoms with Gasteiger partial charge in [-0.05, 0) is 36.4 Å². The van der Waals surface area contributed by atoms with Gasteiger partial charge in [-0.2, -0.15) is 8.78 Å². The summed E-state index contributed by atoms with van der Waals surface area (Å²) in [6.45, 7) is -0.516. The number of hydrogen-bond donors (Lipinski definition) is 0. The van der Waals surface area contributed by atoms with Crippen molar-refractivity contribution in [2.45, 2.75) is 6.61 Å². The molecule has 0 aromatic heterocycles. The van der Waals surface area contributed by atoms with Crippen molar-refractivity contribution in [1.82, 2.24) is 4.90 Å². The minimum Gasteiger partial charge on any atom is -0.493 e. The fourth-order valence-corrected chi connectivity index (χ4v) is 3.20. The van der Waals surface area contributed by atoms with E-state index in [2.05, 4.69) is 9.64 Å². The number of amides is 1. The Morgan fingerprint density at radius 3 is 2.44 bits per heavy atom. The van der Waals surface area contributed by atoms with Crippen molar-refractivity contribution < 1.29 is 23.0 Å². The van der Waals surface area contributed by atoms with E-state index in [1.54, 1.807) is 4.90 Å². The number of halogens is 3. The summed E-state index contributed by atoms with van der Waals surface area (Å²) in [6, 6.07) is 11.8. The molecule has 2 aromatic carbocycles. The summed E-state index contributed by atoms with van der Waals surface area (Å²) in [4.78, 5) is 16.6. The summed E-state index contributed by atoms with van der Waals surface area (Å²) >= 11 is 6.04. The molecule has 0 N–H and O–H groups in total. The van der Waals surface area contributed by atoms with Gasteiger partial charge in [0.1, 0.15) is 0 Å². The van der Waals surface area contributed by atoms with E-state index < -0.39 is 6.61 Å². The van der Waals surface area contributed by atoms with Gasteiger partial charge in [0.2, 0.25) is 0 Å². The lowest BCUT2D eigenvalue weighted by Crippen LogP contribution is -2.48. The van der Waals surface area contributed by atoms with Crippen LogP contribution in [0.5, 0.6) is 11.5 Å². The van der Waals surface area contributed by atoms with Crippen molar-refractivity contribution in [2.75, 3.05) is 38.2 Å². The zero-order valence-corrected chi connectivity index (χ0v) is 15.5. The second-order valence-corrected chi connectivity index (χ2v) is 6.44. The average Bonchev–Trinajstić information content (AvgIpc) is 2.67. The Morgan fingerprint density at radius 1 is 1.07 bits per heavy atom. The molecule has 0 unspecified atom stereocenters. The standard InChI is InChI=1S/C19H19ClF2N2O3/c1-26-17-11-13(5-6-16(17)27-19(21)22)18(25)24-9-7-23(8-10-24)15-4-2-3-14(20)12-15/h2-6,11-12,19H,7-10H2,1H3. The van der Waals surface area contributed by atoms with Crippen LogP contribution in [0.25, 0.3) is 0 Å². The molecule has 0 aliphatic carbocycles. The molecule has 144 valence electrons. The Kier molecular flexibility index (Phi) is 6.01. The highest BCUT2D eigenvalue weighted by molar-refractivity contribution is 6.30. The molecule has 5 nitrogen and oxygen atoms in total. The van der Waals surface area contributed by atoms with Crippen molar-refractivity contribution in [3.63, 3.8) is 0 Å². The molecule has 1 heterocycles. The lowest BCUT2D eigenvalue weighted by molar-refractivity contribution is -0.0512. The fourth-order valence-electron chi connectivity index (χ4n) is 3.02. The molecule has 1 amide bonds. The van der Waals surface area contributed by atoms with E-state index in [4.69, 9.17) is 16.3 Å². The Hall–Kier alpha value is -2.54. The maximum atomic E-state index is 12.7. The molecule has 0 radical (unpaired) electrons. The molecule has 1 aliphatic heterocycles. The molecule has 8 heteroatoms. The van der Waals surface area contributed by atoms with Gasteiger partial charge in [0.25, 0.3) is 5.91 Å². The van der Waals surface area contributed by atoms with Crippen molar-refractivity contribution in [3.05, 3.63) is 53.1 Å². The SMILES string of the molecule is COc1cc(C(=O)N2CCN(c3cccc(Cl)c3)CC2)ccc1OC(F)F. The third-order valence-electron chi connectivity index (χ3n) is 4.37. The number of alkyl halides is 2. The number of ether oxygens (including phenoxy) is 2. The van der Waals surface area contributed by atoms with E-state index in [1.165, 1.54) is 25.3 Å². The van der Waals surface area contributed by atoms with Gasteiger partial charge < -0.3 is 19.3 Å². The first-order chi connectivity index (χ1) is 13.0. The highest BCUT2D eigenvalue weighted by Gasteiger charge is 2.23. The number of nitrogens with zero attached hydrogens (tertiary/aromatic N) is 2. The molecule has 27 heavy (non-hydrogen) atoms. The van der Waals surface area contributed by atoms with Crippen molar-refractivity contribution >= 4 is 23.2 Å². The number of rotatable bonds is 5. The van der Waals surface area contributed by atoms with Crippen LogP contribution in [0, 0.1) is 0 Å². The normalized spacial score (nSPS) is 14.4. The van der Waals surface area contributed by atoms with Gasteiger partial charge in [0.15, 0.2) is 11.5 Å². The summed E-state index contributed by atoms with van der Waals surface area (Å²) < 4.78 is 34.3. The smallest absolute Gasteiger partial charge is 0.387 e. The first-order valence-corrected chi connectivity index (χ1v) is 8.78. The van der Waals surface area contributed by atoms with E-state index >= 15 is 0 Å². The number of carbonyl (C=O) groups is 1. The molecular formula is C19H19ClF2N2O3. The molecule has 0 spiro atoms. The summed E-state index contributed by atoms with van der Waals surface area (Å²) in [7, 11) is 1.34. The number of methoxy groups -OCH3 is 1. The Bertz CT molecular complexity index is 811. The molecule has 1 fully saturated rings. The predicted octanol–water partition coefficient (Wildman–Crippen LogP) is 3.91. The third-order valence-corrected chi connectivity index (χ3v) is 4.60. The van der Waals surface area contributed by atoms with Gasteiger partial charge in [-0.3, -0.25) is 4.79 Å². The minimum absolute atomic E-state index is 0.0960. The van der Waals surface area contributed by atoms with Gasteiger partial charge in [-0.25, -0.2) is 0 Å². The predicted molar refractivity (Wildman–Crippen MR) is 99.2 cm³/mol. The van der Waals surface area contributed by atoms with E-state index in [1.807, 2.05) is 24.3 Å². The van der Waals surface area contributed by atoms with Crippen LogP contribution in [-0.4, -0.2) is 50.7 Å². The van der Waals surface area contributed by atoms with Crippen molar-refractivity contribution in [1.29, 1.82) is 0 Å². The molecule has 0 atom stereocenters. The number of hydrogen-bond acceptors (Lipinski definition) is 4. The maximum Gasteiger partial charge on any atom is 0.387 e. The zero-order chi connectivity index (χ0) is 19.4. The van der Waals surface area contributed by atoms with Crippen LogP contribution in [-0.2, 0) is 0 Å². The maximum absolute atomic E-state index is 12.7. The minimum atomic E-state index is -2.96. The molecular weight excluding hydrogens is 378 g/mol. The quantitative estimate of drug-likeness (QED) is 0.768. The van der Waals surface area contributed by atoms with E-state index in [0.717, 1.165) is 5.69 Å². The van der Waals surface area contributed by atoms with Crippen LogP contribution >= 0.6 is 11.6 Å². The Morgan fingerprint density at radius 2 is 1.81 bits per heavy atom. The van der Waals surface area contributed by atoms with Gasteiger partial charge in [-0.15, -0.1) is 0 Å². The molecule has 3 rings (SSSR count). The van der Waals surface area contributed by atoms with Gasteiger partial charge in [-0.1, -0.05) is 17.7 Å². The molecule has 0 saturated carbocycles. The molecule has 1 saturated heterocycles. The Labute approximate surface area is 161 Å². The van der Waals surface area contributed by atoms with Crippen molar-refractivity contribution in [2.24, 2.45) is 0 Å². The fraction of sp³-hybridized carbons (Fsp3) is 0.316. The van der Waals surface area contributed by atoms with Gasteiger partial charge in [0, 0.05) is 42.5 Å². The molecule has 1 aliphatic rings. The van der Waals surface area contributed by atoms with Crippen LogP contribution in [0.2, 0.25) is 5.02 Å². The average molecular weight is 397 g/mol. The van der Waals surface area contributed by atoms with E-state index in [0.29, 0.717) is 36.8 Å². The van der Waals surface area contributed by atoms with Crippen molar-refractivity contribution in [3.8, 4) is 11.5 Å². The van der Waals surface area contributed by atoms with Crippen LogP contribution < -0.4 is 14.4 Å². The highest BCUT2D eigenvalue weighted by atomic mass is 35.5. The lowest BCUT2D eigenvalue weighted by atomic mass is 10.1.